The second-order valence-electron chi connectivity index (χ2n) is 15.5. The number of nitrogens with one attached hydrogen (secondary N) is 2. The molecular formula is C37H48BrF2N3O8. The number of hydrogen-bond acceptors (Lipinski definition) is 8. The van der Waals surface area contributed by atoms with Crippen LogP contribution in [0.4, 0.5) is 23.2 Å². The predicted molar refractivity (Wildman–Crippen MR) is 189 cm³/mol. The molecule has 0 saturated carbocycles. The normalized spacial score (nSPS) is 17.0. The van der Waals surface area contributed by atoms with Gasteiger partial charge in [0, 0.05) is 29.9 Å². The number of alkyl carbamates (subject to hydrolysis) is 1. The third-order valence-corrected chi connectivity index (χ3v) is 8.33. The van der Waals surface area contributed by atoms with Crippen molar-refractivity contribution in [3.8, 4) is 0 Å². The monoisotopic (exact) mass is 779 g/mol. The van der Waals surface area contributed by atoms with Crippen LogP contribution in [0.15, 0.2) is 46.9 Å². The van der Waals surface area contributed by atoms with Gasteiger partial charge in [-0.25, -0.2) is 28.1 Å². The van der Waals surface area contributed by atoms with Crippen molar-refractivity contribution < 1.29 is 47.0 Å². The van der Waals surface area contributed by atoms with E-state index in [0.717, 1.165) is 33.1 Å². The average molecular weight is 781 g/mol. The molecule has 3 atom stereocenters. The molecule has 0 aromatic heterocycles. The fourth-order valence-electron chi connectivity index (χ4n) is 5.31. The minimum Gasteiger partial charge on any atom is -0.444 e. The standard InChI is InChI=1S/C37H48BrF2N3O8/c1-35(2,3)50-32(46)42-26(19-23-18-25(39)13-14-28(23)40)20-27(44)15-16-37(7,8)21-41-31(45)30-29(17-22-9-11-24(38)12-10-22)43(33(47)49-30)34(48)51-36(4,5)6/h9-14,18,26,29-30H,15-17,19-21H2,1-8H3,(H,41,45)(H,42,46)/t26?,29-,30+/m1/s1. The first kappa shape index (κ1) is 41.4. The van der Waals surface area contributed by atoms with Crippen molar-refractivity contribution in [3.05, 3.63) is 69.7 Å². The Bertz CT molecular complexity index is 1590. The van der Waals surface area contributed by atoms with E-state index in [9.17, 15) is 32.8 Å². The maximum Gasteiger partial charge on any atom is 0.420 e. The van der Waals surface area contributed by atoms with Crippen molar-refractivity contribution in [1.82, 2.24) is 15.5 Å². The summed E-state index contributed by atoms with van der Waals surface area (Å²) in [5.41, 5.74) is -1.58. The second kappa shape index (κ2) is 17.0. The van der Waals surface area contributed by atoms with Crippen LogP contribution in [0.25, 0.3) is 0 Å². The van der Waals surface area contributed by atoms with E-state index >= 15 is 0 Å². The van der Waals surface area contributed by atoms with Gasteiger partial charge in [-0.1, -0.05) is 41.9 Å². The lowest BCUT2D eigenvalue weighted by Gasteiger charge is -2.28. The van der Waals surface area contributed by atoms with Gasteiger partial charge in [0.25, 0.3) is 5.91 Å². The Balaban J connectivity index is 1.66. The minimum atomic E-state index is -1.32. The van der Waals surface area contributed by atoms with Gasteiger partial charge in [-0.2, -0.15) is 0 Å². The quantitative estimate of drug-likeness (QED) is 0.200. The van der Waals surface area contributed by atoms with Gasteiger partial charge in [0.15, 0.2) is 0 Å². The SMILES string of the molecule is CC(C)(CCC(=O)CC(Cc1cc(F)ccc1F)NC(=O)OC(C)(C)C)CNC(=O)[C@H]1OC(=O)N(C(=O)OC(C)(C)C)[C@@H]1Cc1ccc(Br)cc1. The van der Waals surface area contributed by atoms with Crippen LogP contribution in [0.2, 0.25) is 0 Å². The minimum absolute atomic E-state index is 0.00295. The number of carbonyl (C=O) groups is 5. The van der Waals surface area contributed by atoms with Crippen LogP contribution in [0.5, 0.6) is 0 Å². The predicted octanol–water partition coefficient (Wildman–Crippen LogP) is 7.41. The van der Waals surface area contributed by atoms with Gasteiger partial charge in [-0.05, 0) is 108 Å². The van der Waals surface area contributed by atoms with Crippen LogP contribution in [-0.2, 0) is 36.6 Å². The van der Waals surface area contributed by atoms with Crippen LogP contribution >= 0.6 is 15.9 Å². The average Bonchev–Trinajstić information content (AvgIpc) is 3.31. The number of imide groups is 1. The summed E-state index contributed by atoms with van der Waals surface area (Å²) in [5, 5.41) is 5.42. The topological polar surface area (TPSA) is 140 Å². The molecule has 0 radical (unpaired) electrons. The maximum atomic E-state index is 14.5. The summed E-state index contributed by atoms with van der Waals surface area (Å²) in [6.07, 6.45) is -3.86. The number of ether oxygens (including phenoxy) is 3. The molecule has 11 nitrogen and oxygen atoms in total. The van der Waals surface area contributed by atoms with Crippen LogP contribution in [-0.4, -0.2) is 70.8 Å². The fraction of sp³-hybridized carbons (Fsp3) is 0.541. The molecule has 51 heavy (non-hydrogen) atoms. The van der Waals surface area contributed by atoms with Crippen LogP contribution < -0.4 is 10.6 Å². The number of Topliss-reactive ketones (excluding diaryl/α,β-unsaturated/α-hetero) is 1. The largest absolute Gasteiger partial charge is 0.444 e. The van der Waals surface area contributed by atoms with E-state index in [1.807, 2.05) is 13.8 Å². The van der Waals surface area contributed by atoms with Gasteiger partial charge in [0.05, 0.1) is 6.04 Å². The molecule has 1 unspecified atom stereocenters. The molecule has 0 bridgehead atoms. The molecule has 0 aliphatic carbocycles. The van der Waals surface area contributed by atoms with E-state index in [4.69, 9.17) is 14.2 Å². The van der Waals surface area contributed by atoms with Crippen molar-refractivity contribution in [2.24, 2.45) is 5.41 Å². The molecule has 2 aromatic rings. The summed E-state index contributed by atoms with van der Waals surface area (Å²) >= 11 is 3.38. The third-order valence-electron chi connectivity index (χ3n) is 7.80. The van der Waals surface area contributed by atoms with Gasteiger partial charge < -0.3 is 24.8 Å². The van der Waals surface area contributed by atoms with E-state index in [1.54, 1.807) is 65.8 Å². The fourth-order valence-corrected chi connectivity index (χ4v) is 5.57. The number of benzene rings is 2. The summed E-state index contributed by atoms with van der Waals surface area (Å²) < 4.78 is 45.3. The Morgan fingerprint density at radius 1 is 0.941 bits per heavy atom. The number of carbonyl (C=O) groups excluding carboxylic acids is 5. The highest BCUT2D eigenvalue weighted by Gasteiger charge is 2.50. The van der Waals surface area contributed by atoms with E-state index < -0.39 is 70.6 Å². The highest BCUT2D eigenvalue weighted by atomic mass is 79.9. The number of cyclic esters (lactones) is 1. The van der Waals surface area contributed by atoms with E-state index in [2.05, 4.69) is 26.6 Å². The van der Waals surface area contributed by atoms with Gasteiger partial charge in [0.2, 0.25) is 6.10 Å². The lowest BCUT2D eigenvalue weighted by Crippen LogP contribution is -2.50. The molecule has 280 valence electrons. The molecule has 1 fully saturated rings. The molecule has 2 aromatic carbocycles. The van der Waals surface area contributed by atoms with Gasteiger partial charge in [-0.15, -0.1) is 0 Å². The van der Waals surface area contributed by atoms with E-state index in [-0.39, 0.29) is 43.6 Å². The summed E-state index contributed by atoms with van der Waals surface area (Å²) in [4.78, 5) is 66.0. The first-order valence-electron chi connectivity index (χ1n) is 16.7. The summed E-state index contributed by atoms with van der Waals surface area (Å²) in [6.45, 7) is 13.8. The Kier molecular flexibility index (Phi) is 13.8. The van der Waals surface area contributed by atoms with Crippen LogP contribution in [0.1, 0.15) is 85.8 Å². The molecule has 0 spiro atoms. The van der Waals surface area contributed by atoms with Crippen molar-refractivity contribution in [3.63, 3.8) is 0 Å². The Morgan fingerprint density at radius 2 is 1.57 bits per heavy atom. The molecule has 3 rings (SSSR count). The summed E-state index contributed by atoms with van der Waals surface area (Å²) in [5.74, 6) is -2.19. The van der Waals surface area contributed by atoms with Crippen LogP contribution in [0, 0.1) is 17.0 Å². The molecule has 1 saturated heterocycles. The number of nitrogens with zero attached hydrogens (tertiary/aromatic N) is 1. The Morgan fingerprint density at radius 3 is 2.18 bits per heavy atom. The molecule has 1 heterocycles. The summed E-state index contributed by atoms with van der Waals surface area (Å²) in [6, 6.07) is 8.34. The van der Waals surface area contributed by atoms with Gasteiger partial charge >= 0.3 is 18.3 Å². The van der Waals surface area contributed by atoms with Crippen molar-refractivity contribution in [2.75, 3.05) is 6.54 Å². The number of rotatable bonds is 13. The molecule has 1 aliphatic rings. The van der Waals surface area contributed by atoms with Gasteiger partial charge in [0.1, 0.15) is 28.6 Å². The van der Waals surface area contributed by atoms with E-state index in [1.165, 1.54) is 0 Å². The van der Waals surface area contributed by atoms with Gasteiger partial charge in [-0.3, -0.25) is 9.59 Å². The molecular weight excluding hydrogens is 732 g/mol. The lowest BCUT2D eigenvalue weighted by atomic mass is 9.85. The first-order chi connectivity index (χ1) is 23.5. The molecule has 1 aliphatic heterocycles. The number of ketones is 1. The number of amides is 4. The molecule has 4 amide bonds. The van der Waals surface area contributed by atoms with Crippen molar-refractivity contribution >= 4 is 45.9 Å². The second-order valence-corrected chi connectivity index (χ2v) is 16.4. The smallest absolute Gasteiger partial charge is 0.420 e. The maximum absolute atomic E-state index is 14.5. The Labute approximate surface area is 306 Å². The zero-order valence-electron chi connectivity index (χ0n) is 30.4. The highest BCUT2D eigenvalue weighted by molar-refractivity contribution is 9.10. The van der Waals surface area contributed by atoms with Crippen molar-refractivity contribution in [1.29, 1.82) is 0 Å². The summed E-state index contributed by atoms with van der Waals surface area (Å²) in [7, 11) is 0. The molecule has 14 heteroatoms. The number of halogens is 3. The Hall–Kier alpha value is -4.07. The first-order valence-corrected chi connectivity index (χ1v) is 17.5. The van der Waals surface area contributed by atoms with Crippen molar-refractivity contribution in [2.45, 2.75) is 117 Å². The number of hydrogen-bond donors (Lipinski definition) is 2. The lowest BCUT2D eigenvalue weighted by molar-refractivity contribution is -0.129. The van der Waals surface area contributed by atoms with E-state index in [0.29, 0.717) is 6.42 Å². The van der Waals surface area contributed by atoms with Crippen LogP contribution in [0.3, 0.4) is 0 Å². The molecule has 2 N–H and O–H groups in total. The zero-order valence-corrected chi connectivity index (χ0v) is 31.9. The third kappa shape index (κ3) is 13.5. The highest BCUT2D eigenvalue weighted by Crippen LogP contribution is 2.28. The zero-order chi connectivity index (χ0) is 38.3.